The van der Waals surface area contributed by atoms with Crippen LogP contribution in [-0.2, 0) is 32.7 Å². The second kappa shape index (κ2) is 46.2. The van der Waals surface area contributed by atoms with Crippen molar-refractivity contribution in [3.05, 3.63) is 60.8 Å². The third-order valence-electron chi connectivity index (χ3n) is 10.2. The van der Waals surface area contributed by atoms with Crippen molar-refractivity contribution < 1.29 is 37.6 Å². The number of esters is 2. The molecule has 0 heterocycles. The summed E-state index contributed by atoms with van der Waals surface area (Å²) in [7, 11) is -4.37. The summed E-state index contributed by atoms with van der Waals surface area (Å²) >= 11 is 0. The van der Waals surface area contributed by atoms with E-state index in [1.807, 2.05) is 0 Å². The predicted octanol–water partition coefficient (Wildman–Crippen LogP) is 14.4. The van der Waals surface area contributed by atoms with Gasteiger partial charge >= 0.3 is 19.8 Å². The summed E-state index contributed by atoms with van der Waals surface area (Å²) < 4.78 is 32.7. The van der Waals surface area contributed by atoms with Gasteiger partial charge in [-0.3, -0.25) is 18.6 Å². The van der Waals surface area contributed by atoms with E-state index in [0.717, 1.165) is 70.6 Å². The van der Waals surface area contributed by atoms with Crippen molar-refractivity contribution in [3.63, 3.8) is 0 Å². The van der Waals surface area contributed by atoms with Gasteiger partial charge in [-0.05, 0) is 57.8 Å². The van der Waals surface area contributed by atoms with Gasteiger partial charge in [-0.25, -0.2) is 4.57 Å². The molecule has 0 fully saturated rings. The summed E-state index contributed by atoms with van der Waals surface area (Å²) in [5, 5.41) is 0. The van der Waals surface area contributed by atoms with Crippen molar-refractivity contribution in [1.82, 2.24) is 0 Å². The van der Waals surface area contributed by atoms with Gasteiger partial charge in [-0.15, -0.1) is 0 Å². The maximum atomic E-state index is 12.6. The highest BCUT2D eigenvalue weighted by molar-refractivity contribution is 7.47. The van der Waals surface area contributed by atoms with Gasteiger partial charge < -0.3 is 20.1 Å². The SMILES string of the molecule is CC/C=C\C/C=C\C/C=C\C/C=C\C/C=C\CCCCCCCCCCCCCCCCCC(=O)OC(COC(=O)CCCCCCCCCC)COP(=O)(O)OCCN. The molecule has 0 saturated carbocycles. The molecular weight excluding hydrogens is 774 g/mol. The van der Waals surface area contributed by atoms with Crippen LogP contribution < -0.4 is 5.73 Å². The number of hydrogen-bond acceptors (Lipinski definition) is 8. The Morgan fingerprint density at radius 1 is 0.517 bits per heavy atom. The maximum absolute atomic E-state index is 12.6. The molecule has 0 aromatic carbocycles. The number of hydrogen-bond donors (Lipinski definition) is 2. The van der Waals surface area contributed by atoms with E-state index < -0.39 is 26.5 Å². The van der Waals surface area contributed by atoms with Crippen LogP contribution in [0.2, 0.25) is 0 Å². The van der Waals surface area contributed by atoms with Crippen molar-refractivity contribution in [1.29, 1.82) is 0 Å². The monoisotopic (exact) mass is 864 g/mol. The molecule has 10 heteroatoms. The van der Waals surface area contributed by atoms with Crippen molar-refractivity contribution in [2.75, 3.05) is 26.4 Å². The second-order valence-electron chi connectivity index (χ2n) is 16.0. The third kappa shape index (κ3) is 45.2. The molecule has 0 rings (SSSR count). The fourth-order valence-corrected chi connectivity index (χ4v) is 7.37. The smallest absolute Gasteiger partial charge is 0.462 e. The highest BCUT2D eigenvalue weighted by atomic mass is 31.2. The van der Waals surface area contributed by atoms with Gasteiger partial charge in [0, 0.05) is 19.4 Å². The van der Waals surface area contributed by atoms with Crippen LogP contribution in [0.1, 0.15) is 213 Å². The highest BCUT2D eigenvalue weighted by Gasteiger charge is 2.26. The van der Waals surface area contributed by atoms with E-state index in [1.165, 1.54) is 109 Å². The average Bonchev–Trinajstić information content (AvgIpc) is 3.24. The fraction of sp³-hybridized carbons (Fsp3) is 0.760. The first kappa shape index (κ1) is 57.7. The van der Waals surface area contributed by atoms with E-state index in [-0.39, 0.29) is 38.6 Å². The quantitative estimate of drug-likeness (QED) is 0.0265. The van der Waals surface area contributed by atoms with Crippen LogP contribution in [0.25, 0.3) is 0 Å². The Labute approximate surface area is 368 Å². The molecular formula is C50H90NO8P. The lowest BCUT2D eigenvalue weighted by Crippen LogP contribution is -2.29. The van der Waals surface area contributed by atoms with Crippen LogP contribution in [0.5, 0.6) is 0 Å². The molecule has 2 atom stereocenters. The number of unbranched alkanes of at least 4 members (excludes halogenated alkanes) is 22. The van der Waals surface area contributed by atoms with Crippen molar-refractivity contribution in [2.24, 2.45) is 5.73 Å². The summed E-state index contributed by atoms with van der Waals surface area (Å²) in [4.78, 5) is 34.8. The Bertz CT molecular complexity index is 1170. The molecule has 0 bridgehead atoms. The average molecular weight is 864 g/mol. The highest BCUT2D eigenvalue weighted by Crippen LogP contribution is 2.43. The minimum atomic E-state index is -4.37. The molecule has 0 amide bonds. The molecule has 0 aliphatic heterocycles. The standard InChI is InChI=1S/C50H90NO8P/c1-3-5-7-9-11-13-14-15-16-17-18-19-20-21-22-23-24-25-26-27-28-29-30-31-32-33-34-35-37-39-41-43-50(53)59-48(47-58-60(54,55)57-45-44-51)46-56-49(52)42-40-38-36-12-10-8-6-4-2/h5,7,11,13,15-16,18-19,21-22,48H,3-4,6,8-10,12,14,17,20,23-47,51H2,1-2H3,(H,54,55)/b7-5-,13-11-,16-15-,19-18-,22-21-. The fourth-order valence-electron chi connectivity index (χ4n) is 6.60. The minimum absolute atomic E-state index is 0.0532. The lowest BCUT2D eigenvalue weighted by Gasteiger charge is -2.19. The Morgan fingerprint density at radius 2 is 0.917 bits per heavy atom. The molecule has 9 nitrogen and oxygen atoms in total. The van der Waals surface area contributed by atoms with Gasteiger partial charge in [0.25, 0.3) is 0 Å². The first-order valence-corrected chi connectivity index (χ1v) is 25.8. The van der Waals surface area contributed by atoms with Crippen molar-refractivity contribution >= 4 is 19.8 Å². The number of carbonyl (C=O) groups excluding carboxylic acids is 2. The van der Waals surface area contributed by atoms with Crippen LogP contribution in [-0.4, -0.2) is 49.3 Å². The number of allylic oxidation sites excluding steroid dienone is 10. The largest absolute Gasteiger partial charge is 0.472 e. The number of ether oxygens (including phenoxy) is 2. The van der Waals surface area contributed by atoms with Gasteiger partial charge in [-0.2, -0.15) is 0 Å². The predicted molar refractivity (Wildman–Crippen MR) is 252 cm³/mol. The molecule has 0 aliphatic rings. The molecule has 0 spiro atoms. The summed E-state index contributed by atoms with van der Waals surface area (Å²) in [5.74, 6) is -0.830. The Kier molecular flexibility index (Phi) is 44.5. The minimum Gasteiger partial charge on any atom is -0.462 e. The summed E-state index contributed by atoms with van der Waals surface area (Å²) in [6.07, 6.45) is 55.7. The normalized spacial score (nSPS) is 13.7. The van der Waals surface area contributed by atoms with Gasteiger partial charge in [0.15, 0.2) is 6.10 Å². The Morgan fingerprint density at radius 3 is 1.37 bits per heavy atom. The van der Waals surface area contributed by atoms with Gasteiger partial charge in [0.2, 0.25) is 0 Å². The maximum Gasteiger partial charge on any atom is 0.472 e. The summed E-state index contributed by atoms with van der Waals surface area (Å²) in [6.45, 7) is 3.59. The van der Waals surface area contributed by atoms with Gasteiger partial charge in [0.05, 0.1) is 13.2 Å². The second-order valence-corrected chi connectivity index (χ2v) is 17.4. The zero-order chi connectivity index (χ0) is 43.9. The zero-order valence-electron chi connectivity index (χ0n) is 38.4. The zero-order valence-corrected chi connectivity index (χ0v) is 39.3. The van der Waals surface area contributed by atoms with Crippen LogP contribution in [0.15, 0.2) is 60.8 Å². The summed E-state index contributed by atoms with van der Waals surface area (Å²) in [5.41, 5.74) is 5.34. The first-order chi connectivity index (χ1) is 29.3. The number of phosphoric acid groups is 1. The molecule has 3 N–H and O–H groups in total. The van der Waals surface area contributed by atoms with Crippen LogP contribution in [0.4, 0.5) is 0 Å². The van der Waals surface area contributed by atoms with Crippen LogP contribution in [0, 0.1) is 0 Å². The molecule has 0 aromatic rings. The van der Waals surface area contributed by atoms with Crippen molar-refractivity contribution in [2.45, 2.75) is 219 Å². The molecule has 0 aliphatic carbocycles. The summed E-state index contributed by atoms with van der Waals surface area (Å²) in [6, 6.07) is 0. The number of nitrogens with two attached hydrogens (primary N) is 1. The van der Waals surface area contributed by atoms with E-state index in [4.69, 9.17) is 24.3 Å². The molecule has 0 saturated heterocycles. The molecule has 0 radical (unpaired) electrons. The van der Waals surface area contributed by atoms with Gasteiger partial charge in [0.1, 0.15) is 6.61 Å². The molecule has 2 unspecified atom stereocenters. The Balaban J connectivity index is 3.87. The molecule has 348 valence electrons. The lowest BCUT2D eigenvalue weighted by molar-refractivity contribution is -0.161. The lowest BCUT2D eigenvalue weighted by atomic mass is 10.0. The van der Waals surface area contributed by atoms with E-state index >= 15 is 0 Å². The topological polar surface area (TPSA) is 134 Å². The number of rotatable bonds is 45. The molecule has 60 heavy (non-hydrogen) atoms. The molecule has 0 aromatic heterocycles. The van der Waals surface area contributed by atoms with Crippen LogP contribution >= 0.6 is 7.82 Å². The first-order valence-electron chi connectivity index (χ1n) is 24.3. The van der Waals surface area contributed by atoms with E-state index in [9.17, 15) is 19.0 Å². The van der Waals surface area contributed by atoms with E-state index in [2.05, 4.69) is 74.6 Å². The number of phosphoric ester groups is 1. The van der Waals surface area contributed by atoms with Crippen molar-refractivity contribution in [3.8, 4) is 0 Å². The van der Waals surface area contributed by atoms with E-state index in [1.54, 1.807) is 0 Å². The van der Waals surface area contributed by atoms with Gasteiger partial charge in [-0.1, -0.05) is 203 Å². The third-order valence-corrected chi connectivity index (χ3v) is 11.2. The van der Waals surface area contributed by atoms with Crippen LogP contribution in [0.3, 0.4) is 0 Å². The van der Waals surface area contributed by atoms with E-state index in [0.29, 0.717) is 6.42 Å². The Hall–Kier alpha value is -2.29. The number of carbonyl (C=O) groups is 2.